The van der Waals surface area contributed by atoms with Gasteiger partial charge in [0.05, 0.1) is 25.8 Å². The van der Waals surface area contributed by atoms with Crippen LogP contribution in [-0.2, 0) is 9.53 Å². The maximum absolute atomic E-state index is 11.1. The second kappa shape index (κ2) is 5.11. The Balaban J connectivity index is 1.95. The van der Waals surface area contributed by atoms with E-state index >= 15 is 0 Å². The highest BCUT2D eigenvalue weighted by molar-refractivity contribution is 5.78. The van der Waals surface area contributed by atoms with E-state index in [2.05, 4.69) is 17.6 Å². The summed E-state index contributed by atoms with van der Waals surface area (Å²) < 4.78 is 4.93. The van der Waals surface area contributed by atoms with E-state index in [1.165, 1.54) is 0 Å². The largest absolute Gasteiger partial charge is 0.377 e. The van der Waals surface area contributed by atoms with Crippen LogP contribution in [0, 0.1) is 0 Å². The van der Waals surface area contributed by atoms with Crippen LogP contribution in [0.15, 0.2) is 0 Å². The molecular weight excluding hydrogens is 156 g/mol. The first-order valence-corrected chi connectivity index (χ1v) is 4.40. The van der Waals surface area contributed by atoms with E-state index in [4.69, 9.17) is 4.74 Å². The Morgan fingerprint density at radius 2 is 2.33 bits per heavy atom. The first-order chi connectivity index (χ1) is 5.83. The molecule has 2 N–H and O–H groups in total. The van der Waals surface area contributed by atoms with Crippen LogP contribution in [0.5, 0.6) is 0 Å². The number of carbonyl (C=O) groups is 1. The Kier molecular flexibility index (Phi) is 4.04. The van der Waals surface area contributed by atoms with Crippen LogP contribution in [0.25, 0.3) is 0 Å². The second-order valence-electron chi connectivity index (χ2n) is 2.98. The van der Waals surface area contributed by atoms with E-state index in [-0.39, 0.29) is 11.9 Å². The van der Waals surface area contributed by atoms with Gasteiger partial charge in [-0.1, -0.05) is 6.92 Å². The minimum atomic E-state index is 0.0664. The normalized spacial score (nSPS) is 17.1. The van der Waals surface area contributed by atoms with Crippen molar-refractivity contribution in [1.82, 2.24) is 10.6 Å². The van der Waals surface area contributed by atoms with Crippen LogP contribution >= 0.6 is 0 Å². The predicted octanol–water partition coefficient (Wildman–Crippen LogP) is -0.499. The molecular formula is C8H16N2O2. The Morgan fingerprint density at radius 1 is 1.58 bits per heavy atom. The highest BCUT2D eigenvalue weighted by atomic mass is 16.5. The maximum Gasteiger partial charge on any atom is 0.234 e. The van der Waals surface area contributed by atoms with Crippen LogP contribution < -0.4 is 10.6 Å². The Hall–Kier alpha value is -0.610. The van der Waals surface area contributed by atoms with Crippen LogP contribution in [0.4, 0.5) is 0 Å². The van der Waals surface area contributed by atoms with Gasteiger partial charge in [-0.05, 0) is 13.0 Å². The molecule has 4 heteroatoms. The zero-order valence-corrected chi connectivity index (χ0v) is 7.43. The lowest BCUT2D eigenvalue weighted by atomic mass is 10.2. The molecule has 0 atom stereocenters. The van der Waals surface area contributed by atoms with Crippen molar-refractivity contribution in [3.63, 3.8) is 0 Å². The van der Waals surface area contributed by atoms with Crippen molar-refractivity contribution in [2.45, 2.75) is 19.4 Å². The number of amides is 1. The van der Waals surface area contributed by atoms with Gasteiger partial charge in [-0.25, -0.2) is 0 Å². The van der Waals surface area contributed by atoms with Crippen LogP contribution in [0.3, 0.4) is 0 Å². The minimum Gasteiger partial charge on any atom is -0.377 e. The van der Waals surface area contributed by atoms with E-state index in [9.17, 15) is 4.79 Å². The summed E-state index contributed by atoms with van der Waals surface area (Å²) in [5.74, 6) is 0.0664. The van der Waals surface area contributed by atoms with Gasteiger partial charge in [0.1, 0.15) is 0 Å². The molecule has 1 amide bonds. The van der Waals surface area contributed by atoms with Gasteiger partial charge in [0.25, 0.3) is 0 Å². The highest BCUT2D eigenvalue weighted by Gasteiger charge is 2.19. The van der Waals surface area contributed by atoms with Crippen LogP contribution in [-0.4, -0.2) is 38.3 Å². The van der Waals surface area contributed by atoms with Gasteiger partial charge in [0.15, 0.2) is 0 Å². The fourth-order valence-electron chi connectivity index (χ4n) is 0.976. The standard InChI is InChI=1S/C8H16N2O2/c1-2-3-9-4-8(11)10-7-5-12-6-7/h7,9H,2-6H2,1H3,(H,10,11). The molecule has 0 bridgehead atoms. The molecule has 1 fully saturated rings. The van der Waals surface area contributed by atoms with Crippen LogP contribution in [0.2, 0.25) is 0 Å². The molecule has 70 valence electrons. The molecule has 0 radical (unpaired) electrons. The molecule has 0 aromatic rings. The number of nitrogens with one attached hydrogen (secondary N) is 2. The van der Waals surface area contributed by atoms with Crippen molar-refractivity contribution in [3.8, 4) is 0 Å². The summed E-state index contributed by atoms with van der Waals surface area (Å²) in [7, 11) is 0. The predicted molar refractivity (Wildman–Crippen MR) is 45.9 cm³/mol. The van der Waals surface area contributed by atoms with Crippen molar-refractivity contribution in [3.05, 3.63) is 0 Å². The smallest absolute Gasteiger partial charge is 0.234 e. The van der Waals surface area contributed by atoms with Gasteiger partial charge in [-0.2, -0.15) is 0 Å². The van der Waals surface area contributed by atoms with Crippen molar-refractivity contribution >= 4 is 5.91 Å². The molecule has 1 aliphatic rings. The number of rotatable bonds is 5. The number of hydrogen-bond donors (Lipinski definition) is 2. The highest BCUT2D eigenvalue weighted by Crippen LogP contribution is 1.98. The topological polar surface area (TPSA) is 50.4 Å². The average Bonchev–Trinajstić information content (AvgIpc) is 1.98. The zero-order valence-electron chi connectivity index (χ0n) is 7.43. The molecule has 0 unspecified atom stereocenters. The van der Waals surface area contributed by atoms with Crippen molar-refractivity contribution in [1.29, 1.82) is 0 Å². The molecule has 0 spiro atoms. The number of hydrogen-bond acceptors (Lipinski definition) is 3. The molecule has 0 aromatic carbocycles. The second-order valence-corrected chi connectivity index (χ2v) is 2.98. The summed E-state index contributed by atoms with van der Waals surface area (Å²) in [6, 6.07) is 0.251. The summed E-state index contributed by atoms with van der Waals surface area (Å²) in [6.45, 7) is 4.72. The van der Waals surface area contributed by atoms with E-state index in [1.807, 2.05) is 0 Å². The lowest BCUT2D eigenvalue weighted by Crippen LogP contribution is -2.50. The van der Waals surface area contributed by atoms with Crippen LogP contribution in [0.1, 0.15) is 13.3 Å². The van der Waals surface area contributed by atoms with E-state index in [1.54, 1.807) is 0 Å². The summed E-state index contributed by atoms with van der Waals surface area (Å²) in [5, 5.41) is 5.88. The van der Waals surface area contributed by atoms with E-state index < -0.39 is 0 Å². The molecule has 0 aliphatic carbocycles. The Morgan fingerprint density at radius 3 is 2.83 bits per heavy atom. The summed E-state index contributed by atoms with van der Waals surface area (Å²) in [6.07, 6.45) is 1.06. The quantitative estimate of drug-likeness (QED) is 0.550. The molecule has 0 saturated carbocycles. The molecule has 0 aromatic heterocycles. The molecule has 1 rings (SSSR count). The van der Waals surface area contributed by atoms with Gasteiger partial charge >= 0.3 is 0 Å². The molecule has 1 heterocycles. The van der Waals surface area contributed by atoms with Crippen molar-refractivity contribution in [2.75, 3.05) is 26.3 Å². The van der Waals surface area contributed by atoms with E-state index in [0.717, 1.165) is 13.0 Å². The SMILES string of the molecule is CCCNCC(=O)NC1COC1. The summed E-state index contributed by atoms with van der Waals surface area (Å²) in [5.41, 5.74) is 0. The van der Waals surface area contributed by atoms with Gasteiger partial charge in [-0.3, -0.25) is 4.79 Å². The van der Waals surface area contributed by atoms with Gasteiger partial charge < -0.3 is 15.4 Å². The van der Waals surface area contributed by atoms with Crippen molar-refractivity contribution in [2.24, 2.45) is 0 Å². The average molecular weight is 172 g/mol. The number of carbonyl (C=O) groups excluding carboxylic acids is 1. The molecule has 12 heavy (non-hydrogen) atoms. The molecule has 1 aliphatic heterocycles. The van der Waals surface area contributed by atoms with Crippen molar-refractivity contribution < 1.29 is 9.53 Å². The van der Waals surface area contributed by atoms with Gasteiger partial charge in [0, 0.05) is 0 Å². The Bertz CT molecular complexity index is 146. The first-order valence-electron chi connectivity index (χ1n) is 4.40. The lowest BCUT2D eigenvalue weighted by Gasteiger charge is -2.26. The Labute approximate surface area is 72.7 Å². The third-order valence-corrected chi connectivity index (χ3v) is 1.72. The molecule has 1 saturated heterocycles. The third-order valence-electron chi connectivity index (χ3n) is 1.72. The monoisotopic (exact) mass is 172 g/mol. The lowest BCUT2D eigenvalue weighted by molar-refractivity contribution is -0.124. The van der Waals surface area contributed by atoms with Gasteiger partial charge in [0.2, 0.25) is 5.91 Å². The third kappa shape index (κ3) is 3.19. The fourth-order valence-corrected chi connectivity index (χ4v) is 0.976. The van der Waals surface area contributed by atoms with E-state index in [0.29, 0.717) is 19.8 Å². The van der Waals surface area contributed by atoms with Gasteiger partial charge in [-0.15, -0.1) is 0 Å². The fraction of sp³-hybridized carbons (Fsp3) is 0.875. The summed E-state index contributed by atoms with van der Waals surface area (Å²) >= 11 is 0. The number of ether oxygens (including phenoxy) is 1. The summed E-state index contributed by atoms with van der Waals surface area (Å²) in [4.78, 5) is 11.1. The first kappa shape index (κ1) is 9.48. The maximum atomic E-state index is 11.1. The minimum absolute atomic E-state index is 0.0664. The zero-order chi connectivity index (χ0) is 8.81. The molecule has 4 nitrogen and oxygen atoms in total.